The molecule has 5 nitrogen and oxygen atoms in total. The molecule has 5 rings (SSSR count). The fraction of sp³-hybridized carbons (Fsp3) is 0.771. The van der Waals surface area contributed by atoms with Gasteiger partial charge in [0.25, 0.3) is 0 Å². The summed E-state index contributed by atoms with van der Waals surface area (Å²) in [7, 11) is -1.58. The van der Waals surface area contributed by atoms with Crippen LogP contribution in [0, 0.1) is 46.3 Å². The molecule has 9 atom stereocenters. The van der Waals surface area contributed by atoms with Gasteiger partial charge in [0.1, 0.15) is 5.78 Å². The summed E-state index contributed by atoms with van der Waals surface area (Å²) in [5, 5.41) is 0. The Balaban J connectivity index is 1.15. The van der Waals surface area contributed by atoms with Crippen molar-refractivity contribution < 1.29 is 23.5 Å². The maximum atomic E-state index is 13.9. The van der Waals surface area contributed by atoms with Crippen molar-refractivity contribution in [3.63, 3.8) is 0 Å². The van der Waals surface area contributed by atoms with Gasteiger partial charge in [0.05, 0.1) is 6.61 Å². The van der Waals surface area contributed by atoms with Gasteiger partial charge in [-0.1, -0.05) is 51.1 Å². The van der Waals surface area contributed by atoms with Gasteiger partial charge in [-0.15, -0.1) is 0 Å². The summed E-state index contributed by atoms with van der Waals surface area (Å²) in [4.78, 5) is 26.4. The summed E-state index contributed by atoms with van der Waals surface area (Å²) in [6.07, 6.45) is 10.6. The second-order valence-electron chi connectivity index (χ2n) is 15.5. The number of hydrogen-bond donors (Lipinski definition) is 0. The van der Waals surface area contributed by atoms with Gasteiger partial charge in [-0.05, 0) is 117 Å². The number of benzene rings is 1. The van der Waals surface area contributed by atoms with Crippen LogP contribution in [0.2, 0.25) is 19.6 Å². The number of fused-ring (bicyclic) bond motifs is 5. The van der Waals surface area contributed by atoms with Gasteiger partial charge < -0.3 is 13.9 Å². The smallest absolute Gasteiger partial charge is 0.307 e. The molecule has 1 aromatic rings. The van der Waals surface area contributed by atoms with E-state index in [4.69, 9.17) is 13.9 Å². The van der Waals surface area contributed by atoms with Gasteiger partial charge in [-0.25, -0.2) is 0 Å². The number of hydrogen-bond acceptors (Lipinski definition) is 5. The molecule has 0 aliphatic heterocycles. The van der Waals surface area contributed by atoms with E-state index in [9.17, 15) is 9.59 Å². The summed E-state index contributed by atoms with van der Waals surface area (Å²) >= 11 is 0. The fourth-order valence-corrected chi connectivity index (χ4v) is 11.1. The molecule has 4 saturated carbocycles. The molecule has 0 radical (unpaired) electrons. The van der Waals surface area contributed by atoms with Crippen molar-refractivity contribution in [2.24, 2.45) is 46.3 Å². The Bertz CT molecular complexity index is 1070. The molecule has 0 bridgehead atoms. The highest BCUT2D eigenvalue weighted by Crippen LogP contribution is 2.67. The van der Waals surface area contributed by atoms with E-state index >= 15 is 0 Å². The Hall–Kier alpha value is -1.50. The van der Waals surface area contributed by atoms with E-state index in [1.165, 1.54) is 25.7 Å². The summed E-state index contributed by atoms with van der Waals surface area (Å²) < 4.78 is 17.5. The average molecular weight is 583 g/mol. The normalized spacial score (nSPS) is 37.6. The highest BCUT2D eigenvalue weighted by Gasteiger charge is 2.63. The first-order valence-electron chi connectivity index (χ1n) is 16.4. The van der Waals surface area contributed by atoms with Crippen molar-refractivity contribution in [3.05, 3.63) is 35.9 Å². The number of ketones is 1. The van der Waals surface area contributed by atoms with Crippen molar-refractivity contribution in [2.75, 3.05) is 6.79 Å². The molecule has 0 saturated heterocycles. The van der Waals surface area contributed by atoms with E-state index in [1.54, 1.807) is 0 Å². The van der Waals surface area contributed by atoms with Crippen LogP contribution < -0.4 is 0 Å². The molecule has 0 amide bonds. The molecule has 41 heavy (non-hydrogen) atoms. The van der Waals surface area contributed by atoms with Crippen molar-refractivity contribution in [3.8, 4) is 0 Å². The zero-order valence-corrected chi connectivity index (χ0v) is 27.5. The lowest BCUT2D eigenvalue weighted by Gasteiger charge is -2.60. The zero-order chi connectivity index (χ0) is 29.4. The van der Waals surface area contributed by atoms with Gasteiger partial charge >= 0.3 is 5.97 Å². The van der Waals surface area contributed by atoms with Gasteiger partial charge in [0, 0.05) is 24.9 Å². The van der Waals surface area contributed by atoms with E-state index in [1.807, 2.05) is 30.3 Å². The minimum Gasteiger partial charge on any atom is -0.438 e. The fourth-order valence-electron chi connectivity index (χ4n) is 9.93. The van der Waals surface area contributed by atoms with E-state index in [-0.39, 0.29) is 29.5 Å². The number of Topliss-reactive ketones (excluding diaryl/α,β-unsaturated/α-hetero) is 1. The molecule has 6 heteroatoms. The van der Waals surface area contributed by atoms with Gasteiger partial charge in [0.2, 0.25) is 0 Å². The monoisotopic (exact) mass is 582 g/mol. The maximum Gasteiger partial charge on any atom is 0.307 e. The second-order valence-corrected chi connectivity index (χ2v) is 19.9. The van der Waals surface area contributed by atoms with Crippen LogP contribution >= 0.6 is 0 Å². The SMILES string of the molecule is C[C@H](CCC(=O)OCOCc1ccccc1)[C@H]1CC[C@H]2[C@@H]3C(=O)C[C@@H]4C[C@H](O[Si](C)(C)C)CC[C@]4(C)[C@H]3CC[C@]12C. The van der Waals surface area contributed by atoms with Gasteiger partial charge in [-0.3, -0.25) is 9.59 Å². The molecular weight excluding hydrogens is 528 g/mol. The van der Waals surface area contributed by atoms with Crippen LogP contribution in [0.15, 0.2) is 30.3 Å². The lowest BCUT2D eigenvalue weighted by Crippen LogP contribution is -2.57. The van der Waals surface area contributed by atoms with Crippen LogP contribution in [0.5, 0.6) is 0 Å². The lowest BCUT2D eigenvalue weighted by molar-refractivity contribution is -0.160. The van der Waals surface area contributed by atoms with Crippen molar-refractivity contribution >= 4 is 20.1 Å². The van der Waals surface area contributed by atoms with Gasteiger partial charge in [0.15, 0.2) is 15.1 Å². The van der Waals surface area contributed by atoms with Crippen LogP contribution in [0.25, 0.3) is 0 Å². The predicted molar refractivity (Wildman–Crippen MR) is 164 cm³/mol. The molecule has 4 fully saturated rings. The summed E-state index contributed by atoms with van der Waals surface area (Å²) in [5.41, 5.74) is 1.54. The molecule has 0 spiro atoms. The predicted octanol–water partition coefficient (Wildman–Crippen LogP) is 8.18. The molecule has 228 valence electrons. The first kappa shape index (κ1) is 30.9. The zero-order valence-electron chi connectivity index (χ0n) is 26.5. The Morgan fingerprint density at radius 1 is 1.00 bits per heavy atom. The van der Waals surface area contributed by atoms with E-state index < -0.39 is 8.32 Å². The summed E-state index contributed by atoms with van der Waals surface area (Å²) in [6, 6.07) is 9.93. The molecule has 0 heterocycles. The minimum absolute atomic E-state index is 0.00127. The molecule has 1 aromatic carbocycles. The topological polar surface area (TPSA) is 61.8 Å². The molecule has 4 aliphatic rings. The van der Waals surface area contributed by atoms with Crippen LogP contribution in [-0.2, 0) is 30.1 Å². The molecule has 0 N–H and O–H groups in total. The largest absolute Gasteiger partial charge is 0.438 e. The highest BCUT2D eigenvalue weighted by atomic mass is 28.4. The third-order valence-corrected chi connectivity index (χ3v) is 13.0. The van der Waals surface area contributed by atoms with E-state index in [0.717, 1.165) is 37.7 Å². The quantitative estimate of drug-likeness (QED) is 0.120. The minimum atomic E-state index is -1.58. The summed E-state index contributed by atoms with van der Waals surface area (Å²) in [5.74, 6) is 3.11. The standard InChI is InChI=1S/C35H54O5Si/c1-24(12-15-32(37)39-23-38-22-25-10-8-7-9-11-25)28-13-14-29-33-30(17-19-35(28,29)3)34(2)18-16-27(40-41(4,5)6)20-26(34)21-31(33)36/h7-11,24,26-30,33H,12-23H2,1-6H3/t24-,26+,27-,28-,29+,30+,33+,34+,35-/m1/s1. The van der Waals surface area contributed by atoms with Crippen molar-refractivity contribution in [1.82, 2.24) is 0 Å². The average Bonchev–Trinajstić information content (AvgIpc) is 3.27. The van der Waals surface area contributed by atoms with Crippen LogP contribution in [0.3, 0.4) is 0 Å². The third-order valence-electron chi connectivity index (χ3n) is 11.9. The summed E-state index contributed by atoms with van der Waals surface area (Å²) in [6.45, 7) is 14.6. The Morgan fingerprint density at radius 2 is 1.71 bits per heavy atom. The Morgan fingerprint density at radius 3 is 2.44 bits per heavy atom. The Kier molecular flexibility index (Phi) is 9.24. The second kappa shape index (κ2) is 12.2. The third kappa shape index (κ3) is 6.55. The van der Waals surface area contributed by atoms with Crippen LogP contribution in [0.1, 0.15) is 90.5 Å². The van der Waals surface area contributed by atoms with Crippen molar-refractivity contribution in [2.45, 2.75) is 117 Å². The van der Waals surface area contributed by atoms with Crippen LogP contribution in [-0.4, -0.2) is 33.0 Å². The maximum absolute atomic E-state index is 13.9. The molecular formula is C35H54O5Si. The first-order chi connectivity index (χ1) is 19.4. The number of rotatable bonds is 10. The lowest BCUT2D eigenvalue weighted by atomic mass is 9.44. The van der Waals surface area contributed by atoms with Crippen LogP contribution in [0.4, 0.5) is 0 Å². The Labute approximate surface area is 249 Å². The molecule has 0 unspecified atom stereocenters. The number of ether oxygens (including phenoxy) is 2. The number of carbonyl (C=O) groups excluding carboxylic acids is 2. The van der Waals surface area contributed by atoms with Gasteiger partial charge in [-0.2, -0.15) is 0 Å². The van der Waals surface area contributed by atoms with Crippen molar-refractivity contribution in [1.29, 1.82) is 0 Å². The number of esters is 1. The number of carbonyl (C=O) groups is 2. The van der Waals surface area contributed by atoms with E-state index in [2.05, 4.69) is 40.4 Å². The molecule has 4 aliphatic carbocycles. The first-order valence-corrected chi connectivity index (χ1v) is 19.8. The van der Waals surface area contributed by atoms with E-state index in [0.29, 0.717) is 54.5 Å². The molecule has 0 aromatic heterocycles. The highest BCUT2D eigenvalue weighted by molar-refractivity contribution is 6.69.